The van der Waals surface area contributed by atoms with Crippen LogP contribution in [0, 0.1) is 0 Å². The van der Waals surface area contributed by atoms with E-state index < -0.39 is 5.91 Å². The molecule has 2 heterocycles. The lowest BCUT2D eigenvalue weighted by Crippen LogP contribution is -2.29. The number of fused-ring (bicyclic) bond motifs is 1. The minimum atomic E-state index is -0.584. The van der Waals surface area contributed by atoms with Crippen LogP contribution in [0.4, 0.5) is 5.69 Å². The molecule has 3 rings (SSSR count). The zero-order valence-corrected chi connectivity index (χ0v) is 12.3. The molecule has 0 atom stereocenters. The van der Waals surface area contributed by atoms with Crippen molar-refractivity contribution in [1.82, 2.24) is 15.4 Å². The van der Waals surface area contributed by atoms with E-state index in [4.69, 9.17) is 5.21 Å². The van der Waals surface area contributed by atoms with Crippen LogP contribution in [-0.2, 0) is 17.9 Å². The van der Waals surface area contributed by atoms with Crippen molar-refractivity contribution >= 4 is 17.5 Å². The molecular weight excluding hydrogens is 296 g/mol. The Morgan fingerprint density at radius 3 is 2.91 bits per heavy atom. The minimum absolute atomic E-state index is 0.112. The van der Waals surface area contributed by atoms with Gasteiger partial charge in [0, 0.05) is 30.5 Å². The van der Waals surface area contributed by atoms with E-state index in [9.17, 15) is 9.59 Å². The third-order valence-electron chi connectivity index (χ3n) is 3.62. The van der Waals surface area contributed by atoms with Crippen LogP contribution in [0.3, 0.4) is 0 Å². The molecule has 1 aromatic carbocycles. The monoisotopic (exact) mass is 312 g/mol. The summed E-state index contributed by atoms with van der Waals surface area (Å²) >= 11 is 0. The number of nitrogens with zero attached hydrogens (tertiary/aromatic N) is 2. The van der Waals surface area contributed by atoms with Gasteiger partial charge >= 0.3 is 0 Å². The molecule has 118 valence electrons. The number of amides is 2. The number of anilines is 1. The first-order chi connectivity index (χ1) is 11.2. The van der Waals surface area contributed by atoms with Crippen LogP contribution in [0.25, 0.3) is 0 Å². The van der Waals surface area contributed by atoms with E-state index in [1.165, 1.54) is 0 Å². The number of carbonyl (C=O) groups is 2. The van der Waals surface area contributed by atoms with E-state index >= 15 is 0 Å². The third-order valence-corrected chi connectivity index (χ3v) is 3.62. The normalized spacial score (nSPS) is 14.6. The maximum absolute atomic E-state index is 12.0. The van der Waals surface area contributed by atoms with Gasteiger partial charge < -0.3 is 5.32 Å². The van der Waals surface area contributed by atoms with E-state index in [0.717, 1.165) is 11.3 Å². The van der Waals surface area contributed by atoms with E-state index in [1.54, 1.807) is 29.9 Å². The molecule has 0 unspecified atom stereocenters. The average Bonchev–Trinajstić information content (AvgIpc) is 2.71. The molecule has 0 saturated carbocycles. The summed E-state index contributed by atoms with van der Waals surface area (Å²) in [4.78, 5) is 29.8. The first-order valence-corrected chi connectivity index (χ1v) is 7.15. The van der Waals surface area contributed by atoms with Crippen LogP contribution in [0.15, 0.2) is 42.6 Å². The second-order valence-electron chi connectivity index (χ2n) is 5.33. The molecule has 1 aliphatic heterocycles. The van der Waals surface area contributed by atoms with Crippen molar-refractivity contribution in [2.24, 2.45) is 0 Å². The van der Waals surface area contributed by atoms with E-state index in [-0.39, 0.29) is 12.5 Å². The second-order valence-corrected chi connectivity index (χ2v) is 5.33. The quantitative estimate of drug-likeness (QED) is 0.584. The minimum Gasteiger partial charge on any atom is -0.325 e. The fourth-order valence-electron chi connectivity index (χ4n) is 2.57. The SMILES string of the molecule is O=C1CN(Cc2ccccn2)Cc2cc(C(=O)NO)ccc2N1. The number of nitrogens with one attached hydrogen (secondary N) is 2. The summed E-state index contributed by atoms with van der Waals surface area (Å²) in [6.07, 6.45) is 1.71. The molecule has 1 aliphatic rings. The molecule has 7 heteroatoms. The highest BCUT2D eigenvalue weighted by atomic mass is 16.5. The highest BCUT2D eigenvalue weighted by molar-refractivity contribution is 5.97. The molecule has 0 fully saturated rings. The van der Waals surface area contributed by atoms with Gasteiger partial charge in [-0.25, -0.2) is 5.48 Å². The predicted molar refractivity (Wildman–Crippen MR) is 82.7 cm³/mol. The highest BCUT2D eigenvalue weighted by Gasteiger charge is 2.20. The summed E-state index contributed by atoms with van der Waals surface area (Å²) < 4.78 is 0. The molecule has 23 heavy (non-hydrogen) atoms. The molecule has 2 aromatic rings. The first-order valence-electron chi connectivity index (χ1n) is 7.15. The van der Waals surface area contributed by atoms with Gasteiger partial charge in [-0.2, -0.15) is 0 Å². The number of hydrogen-bond acceptors (Lipinski definition) is 5. The lowest BCUT2D eigenvalue weighted by atomic mass is 10.1. The predicted octanol–water partition coefficient (Wildman–Crippen LogP) is 1.15. The fraction of sp³-hybridized carbons (Fsp3) is 0.188. The van der Waals surface area contributed by atoms with E-state index in [1.807, 2.05) is 23.1 Å². The Morgan fingerprint density at radius 1 is 1.30 bits per heavy atom. The van der Waals surface area contributed by atoms with Crippen molar-refractivity contribution in [2.75, 3.05) is 11.9 Å². The topological polar surface area (TPSA) is 94.6 Å². The number of carbonyl (C=O) groups excluding carboxylic acids is 2. The number of pyridine rings is 1. The second kappa shape index (κ2) is 6.55. The van der Waals surface area contributed by atoms with Gasteiger partial charge in [0.1, 0.15) is 0 Å². The Kier molecular flexibility index (Phi) is 4.31. The van der Waals surface area contributed by atoms with Gasteiger partial charge in [-0.05, 0) is 35.9 Å². The summed E-state index contributed by atoms with van der Waals surface area (Å²) in [6.45, 7) is 1.27. The van der Waals surface area contributed by atoms with Gasteiger partial charge in [0.25, 0.3) is 5.91 Å². The van der Waals surface area contributed by atoms with Gasteiger partial charge in [-0.15, -0.1) is 0 Å². The van der Waals surface area contributed by atoms with Crippen LogP contribution in [0.5, 0.6) is 0 Å². The molecule has 0 saturated heterocycles. The average molecular weight is 312 g/mol. The molecule has 0 radical (unpaired) electrons. The van der Waals surface area contributed by atoms with Crippen LogP contribution in [0.1, 0.15) is 21.6 Å². The van der Waals surface area contributed by atoms with Crippen molar-refractivity contribution < 1.29 is 14.8 Å². The Morgan fingerprint density at radius 2 is 2.17 bits per heavy atom. The Balaban J connectivity index is 1.86. The number of benzene rings is 1. The van der Waals surface area contributed by atoms with Crippen LogP contribution >= 0.6 is 0 Å². The van der Waals surface area contributed by atoms with Gasteiger partial charge in [0.15, 0.2) is 0 Å². The number of rotatable bonds is 3. The molecule has 7 nitrogen and oxygen atoms in total. The number of hydrogen-bond donors (Lipinski definition) is 3. The standard InChI is InChI=1S/C16H16N4O3/c21-15-10-20(9-13-3-1-2-6-17-13)8-12-7-11(16(22)19-23)4-5-14(12)18-15/h1-7,23H,8-10H2,(H,18,21)(H,19,22). The maximum Gasteiger partial charge on any atom is 0.274 e. The van der Waals surface area contributed by atoms with Crippen molar-refractivity contribution in [3.05, 3.63) is 59.4 Å². The zero-order chi connectivity index (χ0) is 16.2. The van der Waals surface area contributed by atoms with Gasteiger partial charge in [-0.3, -0.25) is 24.7 Å². The van der Waals surface area contributed by atoms with Gasteiger partial charge in [0.05, 0.1) is 12.2 Å². The van der Waals surface area contributed by atoms with Crippen LogP contribution < -0.4 is 10.8 Å². The molecule has 2 amide bonds. The number of aromatic nitrogens is 1. The summed E-state index contributed by atoms with van der Waals surface area (Å²) in [6, 6.07) is 10.5. The largest absolute Gasteiger partial charge is 0.325 e. The van der Waals surface area contributed by atoms with Gasteiger partial charge in [-0.1, -0.05) is 6.07 Å². The molecule has 0 bridgehead atoms. The van der Waals surface area contributed by atoms with Crippen molar-refractivity contribution in [3.8, 4) is 0 Å². The Hall–Kier alpha value is -2.77. The van der Waals surface area contributed by atoms with Crippen molar-refractivity contribution in [3.63, 3.8) is 0 Å². The zero-order valence-electron chi connectivity index (χ0n) is 12.3. The Labute approximate surface area is 132 Å². The van der Waals surface area contributed by atoms with Crippen molar-refractivity contribution in [1.29, 1.82) is 0 Å². The van der Waals surface area contributed by atoms with Crippen LogP contribution in [0.2, 0.25) is 0 Å². The smallest absolute Gasteiger partial charge is 0.274 e. The lowest BCUT2D eigenvalue weighted by molar-refractivity contribution is -0.117. The molecule has 3 N–H and O–H groups in total. The molecular formula is C16H16N4O3. The summed E-state index contributed by atoms with van der Waals surface area (Å²) in [5, 5.41) is 11.6. The molecule has 1 aromatic heterocycles. The summed E-state index contributed by atoms with van der Waals surface area (Å²) in [7, 11) is 0. The van der Waals surface area contributed by atoms with Crippen LogP contribution in [-0.4, -0.2) is 33.5 Å². The van der Waals surface area contributed by atoms with E-state index in [2.05, 4.69) is 10.3 Å². The summed E-state index contributed by atoms with van der Waals surface area (Å²) in [5.74, 6) is -0.696. The maximum atomic E-state index is 12.0. The molecule has 0 aliphatic carbocycles. The highest BCUT2D eigenvalue weighted by Crippen LogP contribution is 2.23. The third kappa shape index (κ3) is 3.53. The van der Waals surface area contributed by atoms with E-state index in [0.29, 0.717) is 24.3 Å². The van der Waals surface area contributed by atoms with Crippen molar-refractivity contribution in [2.45, 2.75) is 13.1 Å². The Bertz CT molecular complexity index is 733. The van der Waals surface area contributed by atoms with Gasteiger partial charge in [0.2, 0.25) is 5.91 Å². The first kappa shape index (κ1) is 15.1. The lowest BCUT2D eigenvalue weighted by Gasteiger charge is -2.18. The summed E-state index contributed by atoms with van der Waals surface area (Å²) in [5.41, 5.74) is 4.30. The fourth-order valence-corrected chi connectivity index (χ4v) is 2.57. The molecule has 0 spiro atoms. The number of hydroxylamine groups is 1.